The number of hydrogen-bond acceptors (Lipinski definition) is 1. The van der Waals surface area contributed by atoms with E-state index in [1.165, 1.54) is 9.26 Å². The van der Waals surface area contributed by atoms with Crippen LogP contribution in [0.2, 0.25) is 0 Å². The molecule has 1 aromatic rings. The largest absolute Gasteiger partial charge is 0.261 e. The van der Waals surface area contributed by atoms with Gasteiger partial charge in [-0.2, -0.15) is 0 Å². The fourth-order valence-electron chi connectivity index (χ4n) is 0.682. The molecule has 0 bridgehead atoms. The SMILES string of the molecule is ICCc1cc(I)ccn1. The van der Waals surface area contributed by atoms with E-state index >= 15 is 0 Å². The van der Waals surface area contributed by atoms with Gasteiger partial charge in [0.15, 0.2) is 0 Å². The maximum atomic E-state index is 4.22. The van der Waals surface area contributed by atoms with Crippen LogP contribution in [0.25, 0.3) is 0 Å². The van der Waals surface area contributed by atoms with Gasteiger partial charge in [0.25, 0.3) is 0 Å². The van der Waals surface area contributed by atoms with Gasteiger partial charge in [0.1, 0.15) is 0 Å². The zero-order valence-electron chi connectivity index (χ0n) is 5.35. The summed E-state index contributed by atoms with van der Waals surface area (Å²) in [4.78, 5) is 4.22. The molecule has 0 saturated carbocycles. The summed E-state index contributed by atoms with van der Waals surface area (Å²) in [6.07, 6.45) is 2.95. The molecular weight excluding hydrogens is 352 g/mol. The third-order valence-corrected chi connectivity index (χ3v) is 2.34. The molecule has 0 aliphatic rings. The monoisotopic (exact) mass is 359 g/mol. The minimum absolute atomic E-state index is 1.08. The van der Waals surface area contributed by atoms with Crippen LogP contribution in [0.5, 0.6) is 0 Å². The Morgan fingerprint density at radius 1 is 1.50 bits per heavy atom. The van der Waals surface area contributed by atoms with E-state index in [9.17, 15) is 0 Å². The number of aryl methyl sites for hydroxylation is 1. The van der Waals surface area contributed by atoms with Crippen LogP contribution in [0.15, 0.2) is 18.3 Å². The van der Waals surface area contributed by atoms with Crippen LogP contribution >= 0.6 is 45.2 Å². The zero-order chi connectivity index (χ0) is 7.40. The third-order valence-electron chi connectivity index (χ3n) is 1.13. The number of hydrogen-bond donors (Lipinski definition) is 0. The normalized spacial score (nSPS) is 9.80. The van der Waals surface area contributed by atoms with E-state index in [-0.39, 0.29) is 0 Å². The van der Waals surface area contributed by atoms with E-state index in [4.69, 9.17) is 0 Å². The third kappa shape index (κ3) is 2.69. The maximum Gasteiger partial charge on any atom is 0.0421 e. The predicted molar refractivity (Wildman–Crippen MR) is 59.5 cm³/mol. The Balaban J connectivity index is 2.75. The molecule has 54 valence electrons. The summed E-state index contributed by atoms with van der Waals surface area (Å²) < 4.78 is 2.41. The van der Waals surface area contributed by atoms with Gasteiger partial charge in [-0.3, -0.25) is 4.98 Å². The molecular formula is C7H7I2N. The van der Waals surface area contributed by atoms with E-state index in [1.807, 2.05) is 12.3 Å². The lowest BCUT2D eigenvalue weighted by Gasteiger charge is -1.95. The first-order chi connectivity index (χ1) is 4.83. The lowest BCUT2D eigenvalue weighted by molar-refractivity contribution is 1.05. The highest BCUT2D eigenvalue weighted by atomic mass is 127. The maximum absolute atomic E-state index is 4.22. The Bertz CT molecular complexity index is 213. The first kappa shape index (κ1) is 8.70. The molecule has 0 radical (unpaired) electrons. The van der Waals surface area contributed by atoms with E-state index in [0.29, 0.717) is 0 Å². The summed E-state index contributed by atoms with van der Waals surface area (Å²) in [5.74, 6) is 0. The average molecular weight is 359 g/mol. The fraction of sp³-hybridized carbons (Fsp3) is 0.286. The predicted octanol–water partition coefficient (Wildman–Crippen LogP) is 2.66. The van der Waals surface area contributed by atoms with Gasteiger partial charge in [0.2, 0.25) is 0 Å². The van der Waals surface area contributed by atoms with Crippen LogP contribution in [-0.2, 0) is 6.42 Å². The van der Waals surface area contributed by atoms with Gasteiger partial charge in [-0.15, -0.1) is 0 Å². The minimum atomic E-state index is 1.08. The molecule has 10 heavy (non-hydrogen) atoms. The van der Waals surface area contributed by atoms with Crippen molar-refractivity contribution in [3.8, 4) is 0 Å². The Hall–Kier alpha value is 0.610. The first-order valence-electron chi connectivity index (χ1n) is 2.99. The van der Waals surface area contributed by atoms with Crippen LogP contribution in [0, 0.1) is 3.57 Å². The van der Waals surface area contributed by atoms with E-state index in [1.54, 1.807) is 0 Å². The molecule has 1 rings (SSSR count). The van der Waals surface area contributed by atoms with E-state index in [2.05, 4.69) is 56.2 Å². The van der Waals surface area contributed by atoms with Gasteiger partial charge in [-0.05, 0) is 41.1 Å². The molecule has 3 heteroatoms. The summed E-state index contributed by atoms with van der Waals surface area (Å²) in [6, 6.07) is 4.14. The highest BCUT2D eigenvalue weighted by Gasteiger charge is 1.92. The van der Waals surface area contributed by atoms with Crippen molar-refractivity contribution in [2.24, 2.45) is 0 Å². The van der Waals surface area contributed by atoms with Crippen molar-refractivity contribution in [2.75, 3.05) is 4.43 Å². The topological polar surface area (TPSA) is 12.9 Å². The number of aromatic nitrogens is 1. The molecule has 0 aliphatic heterocycles. The summed E-state index contributed by atoms with van der Waals surface area (Å²) in [5, 5.41) is 0. The molecule has 0 N–H and O–H groups in total. The van der Waals surface area contributed by atoms with Gasteiger partial charge in [0, 0.05) is 19.9 Å². The average Bonchev–Trinajstić information content (AvgIpc) is 1.88. The lowest BCUT2D eigenvalue weighted by Crippen LogP contribution is -1.89. The van der Waals surface area contributed by atoms with Crippen molar-refractivity contribution in [2.45, 2.75) is 6.42 Å². The number of halogens is 2. The molecule has 0 saturated heterocycles. The van der Waals surface area contributed by atoms with Crippen molar-refractivity contribution in [3.05, 3.63) is 27.6 Å². The quantitative estimate of drug-likeness (QED) is 0.585. The highest BCUT2D eigenvalue weighted by molar-refractivity contribution is 14.1. The van der Waals surface area contributed by atoms with Gasteiger partial charge < -0.3 is 0 Å². The molecule has 0 amide bonds. The second-order valence-electron chi connectivity index (χ2n) is 1.90. The zero-order valence-corrected chi connectivity index (χ0v) is 9.66. The Labute approximate surface area is 87.9 Å². The number of nitrogens with zero attached hydrogens (tertiary/aromatic N) is 1. The second kappa shape index (κ2) is 4.48. The Morgan fingerprint density at radius 2 is 2.30 bits per heavy atom. The molecule has 0 aliphatic carbocycles. The van der Waals surface area contributed by atoms with Crippen LogP contribution < -0.4 is 0 Å². The smallest absolute Gasteiger partial charge is 0.0421 e. The van der Waals surface area contributed by atoms with E-state index < -0.39 is 0 Å². The summed E-state index contributed by atoms with van der Waals surface area (Å²) >= 11 is 4.66. The van der Waals surface area contributed by atoms with Gasteiger partial charge >= 0.3 is 0 Å². The minimum Gasteiger partial charge on any atom is -0.261 e. The van der Waals surface area contributed by atoms with Crippen molar-refractivity contribution >= 4 is 45.2 Å². The fourth-order valence-corrected chi connectivity index (χ4v) is 1.76. The molecule has 1 aromatic heterocycles. The molecule has 0 spiro atoms. The Kier molecular flexibility index (Phi) is 3.90. The summed E-state index contributed by atoms with van der Waals surface area (Å²) in [6.45, 7) is 0. The molecule has 0 aromatic carbocycles. The number of rotatable bonds is 2. The van der Waals surface area contributed by atoms with E-state index in [0.717, 1.165) is 10.8 Å². The molecule has 1 nitrogen and oxygen atoms in total. The van der Waals surface area contributed by atoms with Crippen LogP contribution in [-0.4, -0.2) is 9.41 Å². The standard InChI is InChI=1S/C7H7I2N/c8-3-1-7-5-6(9)2-4-10-7/h2,4-5H,1,3H2. The van der Waals surface area contributed by atoms with Gasteiger partial charge in [0.05, 0.1) is 0 Å². The molecule has 0 fully saturated rings. The van der Waals surface area contributed by atoms with Crippen molar-refractivity contribution in [1.29, 1.82) is 0 Å². The highest BCUT2D eigenvalue weighted by Crippen LogP contribution is 2.05. The first-order valence-corrected chi connectivity index (χ1v) is 5.60. The summed E-state index contributed by atoms with van der Waals surface area (Å²) in [5.41, 5.74) is 1.20. The Morgan fingerprint density at radius 3 is 2.90 bits per heavy atom. The molecule has 0 atom stereocenters. The van der Waals surface area contributed by atoms with Gasteiger partial charge in [-0.25, -0.2) is 0 Å². The van der Waals surface area contributed by atoms with Crippen molar-refractivity contribution < 1.29 is 0 Å². The number of alkyl halides is 1. The van der Waals surface area contributed by atoms with Crippen LogP contribution in [0.4, 0.5) is 0 Å². The van der Waals surface area contributed by atoms with Crippen LogP contribution in [0.3, 0.4) is 0 Å². The van der Waals surface area contributed by atoms with Crippen molar-refractivity contribution in [3.63, 3.8) is 0 Å². The van der Waals surface area contributed by atoms with Gasteiger partial charge in [-0.1, -0.05) is 22.6 Å². The van der Waals surface area contributed by atoms with Crippen molar-refractivity contribution in [1.82, 2.24) is 4.98 Å². The number of pyridine rings is 1. The van der Waals surface area contributed by atoms with Crippen LogP contribution in [0.1, 0.15) is 5.69 Å². The summed E-state index contributed by atoms with van der Waals surface area (Å²) in [7, 11) is 0. The molecule has 0 unspecified atom stereocenters. The lowest BCUT2D eigenvalue weighted by atomic mass is 10.3. The second-order valence-corrected chi connectivity index (χ2v) is 4.23. The molecule has 1 heterocycles.